The summed E-state index contributed by atoms with van der Waals surface area (Å²) in [5, 5.41) is 13.2. The number of nitrogens with zero attached hydrogens (tertiary/aromatic N) is 6. The van der Waals surface area contributed by atoms with Crippen LogP contribution in [0, 0.1) is 5.82 Å². The van der Waals surface area contributed by atoms with Crippen LogP contribution in [-0.4, -0.2) is 50.7 Å². The van der Waals surface area contributed by atoms with Crippen LogP contribution in [0.4, 0.5) is 9.52 Å². The molecule has 0 bridgehead atoms. The Kier molecular flexibility index (Phi) is 5.22. The van der Waals surface area contributed by atoms with Gasteiger partial charge in [0, 0.05) is 54.6 Å². The average molecular weight is 483 g/mol. The van der Waals surface area contributed by atoms with E-state index in [0.29, 0.717) is 0 Å². The number of aromatic nitrogens is 4. The second-order valence-electron chi connectivity index (χ2n) is 7.66. The minimum atomic E-state index is -0.244. The summed E-state index contributed by atoms with van der Waals surface area (Å²) in [6.07, 6.45) is 1.91. The molecule has 1 aromatic carbocycles. The van der Waals surface area contributed by atoms with Crippen LogP contribution in [0.25, 0.3) is 26.8 Å². The van der Waals surface area contributed by atoms with E-state index in [2.05, 4.69) is 37.0 Å². The highest BCUT2D eigenvalue weighted by Crippen LogP contribution is 2.29. The zero-order valence-electron chi connectivity index (χ0n) is 17.0. The van der Waals surface area contributed by atoms with Gasteiger partial charge in [-0.3, -0.25) is 4.90 Å². The van der Waals surface area contributed by atoms with Gasteiger partial charge >= 0.3 is 0 Å². The molecule has 0 saturated carbocycles. The Morgan fingerprint density at radius 1 is 0.938 bits per heavy atom. The number of fused-ring (bicyclic) bond motifs is 1. The number of thiophene rings is 1. The number of rotatable bonds is 5. The molecule has 1 aliphatic rings. The van der Waals surface area contributed by atoms with Crippen molar-refractivity contribution in [1.82, 2.24) is 24.5 Å². The SMILES string of the molecule is Fc1ccc(-c2cn3nc(N4CCN(Cc5csc(-c6ccsc6)n5)CC4)sc3n2)cc1. The van der Waals surface area contributed by atoms with Crippen LogP contribution in [0.15, 0.2) is 52.7 Å². The third-order valence-electron chi connectivity index (χ3n) is 5.52. The van der Waals surface area contributed by atoms with Gasteiger partial charge in [-0.25, -0.2) is 18.9 Å². The Labute approximate surface area is 196 Å². The summed E-state index contributed by atoms with van der Waals surface area (Å²) >= 11 is 5.02. The summed E-state index contributed by atoms with van der Waals surface area (Å²) in [5.41, 5.74) is 4.06. The molecule has 1 fully saturated rings. The van der Waals surface area contributed by atoms with E-state index in [0.717, 1.165) is 64.8 Å². The van der Waals surface area contributed by atoms with Gasteiger partial charge in [-0.15, -0.1) is 16.4 Å². The molecule has 1 saturated heterocycles. The van der Waals surface area contributed by atoms with E-state index in [1.165, 1.54) is 17.7 Å². The monoisotopic (exact) mass is 482 g/mol. The summed E-state index contributed by atoms with van der Waals surface area (Å²) in [5.74, 6) is -0.244. The van der Waals surface area contributed by atoms with Crippen LogP contribution in [-0.2, 0) is 6.54 Å². The number of anilines is 1. The van der Waals surface area contributed by atoms with Crippen molar-refractivity contribution in [2.24, 2.45) is 0 Å². The summed E-state index contributed by atoms with van der Waals surface area (Å²) in [4.78, 5) is 15.1. The molecule has 0 spiro atoms. The molecule has 10 heteroatoms. The Hall–Kier alpha value is -2.66. The van der Waals surface area contributed by atoms with Crippen molar-refractivity contribution in [3.8, 4) is 21.8 Å². The highest BCUT2D eigenvalue weighted by atomic mass is 32.1. The highest BCUT2D eigenvalue weighted by Gasteiger charge is 2.22. The van der Waals surface area contributed by atoms with Gasteiger partial charge in [0.2, 0.25) is 10.1 Å². The quantitative estimate of drug-likeness (QED) is 0.349. The van der Waals surface area contributed by atoms with Gasteiger partial charge in [0.1, 0.15) is 10.8 Å². The first kappa shape index (κ1) is 20.0. The maximum atomic E-state index is 13.2. The van der Waals surface area contributed by atoms with Gasteiger partial charge in [-0.1, -0.05) is 11.3 Å². The van der Waals surface area contributed by atoms with E-state index in [1.807, 2.05) is 10.7 Å². The molecule has 0 N–H and O–H groups in total. The van der Waals surface area contributed by atoms with Crippen molar-refractivity contribution in [2.45, 2.75) is 6.54 Å². The average Bonchev–Trinajstić information content (AvgIpc) is 3.58. The molecular formula is C22H19FN6S3. The van der Waals surface area contributed by atoms with Crippen LogP contribution < -0.4 is 4.90 Å². The van der Waals surface area contributed by atoms with Gasteiger partial charge in [0.25, 0.3) is 0 Å². The second-order valence-corrected chi connectivity index (χ2v) is 10.2. The molecule has 0 atom stereocenters. The minimum Gasteiger partial charge on any atom is -0.344 e. The molecule has 32 heavy (non-hydrogen) atoms. The molecule has 0 aliphatic carbocycles. The van der Waals surface area contributed by atoms with Crippen molar-refractivity contribution in [2.75, 3.05) is 31.1 Å². The topological polar surface area (TPSA) is 49.6 Å². The molecule has 1 aliphatic heterocycles. The lowest BCUT2D eigenvalue weighted by Crippen LogP contribution is -2.46. The number of hydrogen-bond acceptors (Lipinski definition) is 8. The van der Waals surface area contributed by atoms with E-state index in [9.17, 15) is 4.39 Å². The van der Waals surface area contributed by atoms with Crippen LogP contribution in [0.1, 0.15) is 5.69 Å². The molecule has 0 unspecified atom stereocenters. The Morgan fingerprint density at radius 3 is 2.53 bits per heavy atom. The molecule has 5 aromatic rings. The molecule has 0 radical (unpaired) electrons. The van der Waals surface area contributed by atoms with Gasteiger partial charge in [0.05, 0.1) is 17.6 Å². The second kappa shape index (κ2) is 8.36. The fourth-order valence-corrected chi connectivity index (χ4v) is 6.26. The van der Waals surface area contributed by atoms with Crippen LogP contribution in [0.3, 0.4) is 0 Å². The number of thiazole rings is 1. The number of halogens is 1. The van der Waals surface area contributed by atoms with Crippen molar-refractivity contribution < 1.29 is 4.39 Å². The molecule has 4 aromatic heterocycles. The van der Waals surface area contributed by atoms with Gasteiger partial charge in [0.15, 0.2) is 0 Å². The Bertz CT molecular complexity index is 1300. The number of imidazole rings is 1. The van der Waals surface area contributed by atoms with E-state index >= 15 is 0 Å². The molecule has 5 heterocycles. The third kappa shape index (κ3) is 3.95. The first-order chi connectivity index (χ1) is 15.7. The molecular weight excluding hydrogens is 463 g/mol. The molecule has 6 nitrogen and oxygen atoms in total. The zero-order valence-corrected chi connectivity index (χ0v) is 19.5. The maximum Gasteiger partial charge on any atom is 0.214 e. The van der Waals surface area contributed by atoms with E-state index < -0.39 is 0 Å². The first-order valence-corrected chi connectivity index (χ1v) is 12.9. The van der Waals surface area contributed by atoms with E-state index in [-0.39, 0.29) is 5.82 Å². The van der Waals surface area contributed by atoms with Crippen molar-refractivity contribution in [1.29, 1.82) is 0 Å². The lowest BCUT2D eigenvalue weighted by molar-refractivity contribution is 0.247. The van der Waals surface area contributed by atoms with Crippen LogP contribution in [0.5, 0.6) is 0 Å². The molecule has 162 valence electrons. The maximum absolute atomic E-state index is 13.2. The largest absolute Gasteiger partial charge is 0.344 e. The van der Waals surface area contributed by atoms with Gasteiger partial charge < -0.3 is 4.90 Å². The normalized spacial score (nSPS) is 15.1. The molecule has 0 amide bonds. The van der Waals surface area contributed by atoms with Crippen LogP contribution >= 0.6 is 34.0 Å². The third-order valence-corrected chi connectivity index (χ3v) is 8.13. The van der Waals surface area contributed by atoms with E-state index in [1.54, 1.807) is 46.1 Å². The smallest absolute Gasteiger partial charge is 0.214 e. The number of benzene rings is 1. The highest BCUT2D eigenvalue weighted by molar-refractivity contribution is 7.20. The molecule has 6 rings (SSSR count). The zero-order chi connectivity index (χ0) is 21.5. The van der Waals surface area contributed by atoms with Crippen molar-refractivity contribution >= 4 is 44.1 Å². The summed E-state index contributed by atoms with van der Waals surface area (Å²) < 4.78 is 15.0. The lowest BCUT2D eigenvalue weighted by atomic mass is 10.2. The first-order valence-electron chi connectivity index (χ1n) is 10.3. The van der Waals surface area contributed by atoms with Gasteiger partial charge in [-0.2, -0.15) is 11.3 Å². The van der Waals surface area contributed by atoms with Crippen LogP contribution in [0.2, 0.25) is 0 Å². The summed E-state index contributed by atoms with van der Waals surface area (Å²) in [7, 11) is 0. The van der Waals surface area contributed by atoms with E-state index in [4.69, 9.17) is 10.1 Å². The van der Waals surface area contributed by atoms with Gasteiger partial charge in [-0.05, 0) is 35.7 Å². The fourth-order valence-electron chi connectivity index (χ4n) is 3.80. The fraction of sp³-hybridized carbons (Fsp3) is 0.227. The summed E-state index contributed by atoms with van der Waals surface area (Å²) in [6, 6.07) is 8.52. The number of hydrogen-bond donors (Lipinski definition) is 0. The predicted molar refractivity (Wildman–Crippen MR) is 129 cm³/mol. The predicted octanol–water partition coefficient (Wildman–Crippen LogP) is 5.10. The van der Waals surface area contributed by atoms with Crippen molar-refractivity contribution in [3.63, 3.8) is 0 Å². The standard InChI is InChI=1S/C22H19FN6S3/c23-17-3-1-15(2-4-17)19-12-29-21(25-19)32-22(26-29)28-8-6-27(7-9-28)11-18-14-31-20(24-18)16-5-10-30-13-16/h1-5,10,12-14H,6-9,11H2. The Balaban J connectivity index is 1.09. The minimum absolute atomic E-state index is 0.244. The lowest BCUT2D eigenvalue weighted by Gasteiger charge is -2.33. The number of piperazine rings is 1. The Morgan fingerprint density at radius 2 is 1.78 bits per heavy atom. The summed E-state index contributed by atoms with van der Waals surface area (Å²) in [6.45, 7) is 4.71. The van der Waals surface area contributed by atoms with Crippen molar-refractivity contribution in [3.05, 3.63) is 64.2 Å².